The first kappa shape index (κ1) is 8.11. The third kappa shape index (κ3) is 3.67. The summed E-state index contributed by atoms with van der Waals surface area (Å²) in [6.45, 7) is 8.39. The lowest BCUT2D eigenvalue weighted by atomic mass is 10.5. The summed E-state index contributed by atoms with van der Waals surface area (Å²) >= 11 is 0. The number of amides is 1. The highest BCUT2D eigenvalue weighted by Gasteiger charge is 1.97. The molecule has 0 saturated heterocycles. The Bertz CT molecular complexity index is 99.5. The largest absolute Gasteiger partial charge is 0.300 e. The van der Waals surface area contributed by atoms with E-state index in [-0.39, 0.29) is 0 Å². The van der Waals surface area contributed by atoms with Crippen molar-refractivity contribution in [1.82, 2.24) is 0 Å². The van der Waals surface area contributed by atoms with Crippen LogP contribution in [0.3, 0.4) is 0 Å². The summed E-state index contributed by atoms with van der Waals surface area (Å²) in [5.74, 6) is 0. The van der Waals surface area contributed by atoms with Crippen molar-refractivity contribution in [2.75, 3.05) is 13.1 Å². The Labute approximate surface area is 55.5 Å². The summed E-state index contributed by atoms with van der Waals surface area (Å²) in [5, 5.41) is 0. The van der Waals surface area contributed by atoms with Gasteiger partial charge in [0.25, 0.3) is 6.41 Å². The van der Waals surface area contributed by atoms with Gasteiger partial charge in [-0.3, -0.25) is 4.90 Å². The van der Waals surface area contributed by atoms with E-state index in [2.05, 4.69) is 13.2 Å². The second-order valence-electron chi connectivity index (χ2n) is 1.76. The first-order valence-electron chi connectivity index (χ1n) is 2.86. The van der Waals surface area contributed by atoms with E-state index in [0.29, 0.717) is 13.1 Å². The lowest BCUT2D eigenvalue weighted by Gasteiger charge is -2.03. The Morgan fingerprint density at radius 2 is 1.67 bits per heavy atom. The minimum absolute atomic E-state index is 0.676. The van der Waals surface area contributed by atoms with Crippen LogP contribution >= 0.6 is 0 Å². The predicted molar refractivity (Wildman–Crippen MR) is 37.2 cm³/mol. The molecule has 1 amide bonds. The summed E-state index contributed by atoms with van der Waals surface area (Å²) in [5.41, 5.74) is 0. The zero-order valence-corrected chi connectivity index (χ0v) is 5.47. The van der Waals surface area contributed by atoms with Crippen LogP contribution in [0.4, 0.5) is 0 Å². The van der Waals surface area contributed by atoms with Gasteiger partial charge in [-0.05, 0) is 12.2 Å². The number of hydrogen-bond donors (Lipinski definition) is 1. The Hall–Kier alpha value is -0.890. The second-order valence-corrected chi connectivity index (χ2v) is 1.76. The van der Waals surface area contributed by atoms with Crippen LogP contribution in [0.2, 0.25) is 0 Å². The molecule has 0 aromatic carbocycles. The summed E-state index contributed by atoms with van der Waals surface area (Å²) < 4.78 is 0. The van der Waals surface area contributed by atoms with Gasteiger partial charge >= 0.3 is 0 Å². The average molecular weight is 126 g/mol. The summed E-state index contributed by atoms with van der Waals surface area (Å²) in [6, 6.07) is 0. The number of carbonyl (C=O) groups is 1. The van der Waals surface area contributed by atoms with Crippen LogP contribution in [0.5, 0.6) is 0 Å². The van der Waals surface area contributed by atoms with Crippen LogP contribution in [0.15, 0.2) is 25.3 Å². The Kier molecular flexibility index (Phi) is 4.73. The highest BCUT2D eigenvalue weighted by Crippen LogP contribution is 1.52. The predicted octanol–water partition coefficient (Wildman–Crippen LogP) is -0.600. The molecule has 9 heavy (non-hydrogen) atoms. The molecule has 0 fully saturated rings. The zero-order valence-electron chi connectivity index (χ0n) is 5.47. The van der Waals surface area contributed by atoms with Crippen LogP contribution in [-0.4, -0.2) is 19.5 Å². The van der Waals surface area contributed by atoms with E-state index in [1.165, 1.54) is 0 Å². The minimum Gasteiger partial charge on any atom is -0.268 e. The highest BCUT2D eigenvalue weighted by molar-refractivity contribution is 5.33. The van der Waals surface area contributed by atoms with Crippen molar-refractivity contribution in [3.63, 3.8) is 0 Å². The first-order valence-corrected chi connectivity index (χ1v) is 2.86. The fraction of sp³-hybridized carbons (Fsp3) is 0.286. The number of carbonyl (C=O) groups excluding carboxylic acids is 1. The molecule has 0 heterocycles. The van der Waals surface area contributed by atoms with Gasteiger partial charge in [0.1, 0.15) is 13.1 Å². The second kappa shape index (κ2) is 5.25. The Morgan fingerprint density at radius 3 is 1.89 bits per heavy atom. The number of quaternary nitrogens is 1. The molecule has 2 nitrogen and oxygen atoms in total. The molecule has 0 aromatic heterocycles. The van der Waals surface area contributed by atoms with E-state index in [1.54, 1.807) is 12.2 Å². The van der Waals surface area contributed by atoms with Crippen LogP contribution < -0.4 is 4.90 Å². The van der Waals surface area contributed by atoms with Gasteiger partial charge in [-0.2, -0.15) is 0 Å². The van der Waals surface area contributed by atoms with Crippen LogP contribution in [0.1, 0.15) is 0 Å². The van der Waals surface area contributed by atoms with Crippen molar-refractivity contribution in [3.8, 4) is 0 Å². The van der Waals surface area contributed by atoms with Gasteiger partial charge in [0, 0.05) is 0 Å². The van der Waals surface area contributed by atoms with Crippen LogP contribution in [0.25, 0.3) is 0 Å². The molecule has 50 valence electrons. The van der Waals surface area contributed by atoms with E-state index in [0.717, 1.165) is 11.3 Å². The normalized spacial score (nSPS) is 9.00. The molecule has 0 radical (unpaired) electrons. The molecule has 0 rings (SSSR count). The third-order valence-electron chi connectivity index (χ3n) is 0.980. The quantitative estimate of drug-likeness (QED) is 0.385. The van der Waals surface area contributed by atoms with E-state index >= 15 is 0 Å². The number of hydrogen-bond acceptors (Lipinski definition) is 1. The average Bonchev–Trinajstić information content (AvgIpc) is 1.88. The monoisotopic (exact) mass is 126 g/mol. The lowest BCUT2D eigenvalue weighted by Crippen LogP contribution is -3.10. The van der Waals surface area contributed by atoms with Gasteiger partial charge in [0.15, 0.2) is 0 Å². The molecule has 0 aliphatic rings. The lowest BCUT2D eigenvalue weighted by molar-refractivity contribution is -0.797. The third-order valence-corrected chi connectivity index (χ3v) is 0.980. The highest BCUT2D eigenvalue weighted by atomic mass is 16.1. The smallest absolute Gasteiger partial charge is 0.268 e. The molecular weight excluding hydrogens is 114 g/mol. The fourth-order valence-corrected chi connectivity index (χ4v) is 0.550. The molecule has 0 spiro atoms. The van der Waals surface area contributed by atoms with E-state index in [9.17, 15) is 4.79 Å². The van der Waals surface area contributed by atoms with Gasteiger partial charge < -0.3 is 0 Å². The molecule has 0 aliphatic carbocycles. The van der Waals surface area contributed by atoms with E-state index in [1.807, 2.05) is 0 Å². The van der Waals surface area contributed by atoms with E-state index < -0.39 is 0 Å². The molecule has 0 bridgehead atoms. The zero-order chi connectivity index (χ0) is 7.11. The van der Waals surface area contributed by atoms with Crippen molar-refractivity contribution >= 4 is 6.41 Å². The van der Waals surface area contributed by atoms with Gasteiger partial charge in [0.2, 0.25) is 0 Å². The molecule has 2 heteroatoms. The fourth-order valence-electron chi connectivity index (χ4n) is 0.550. The van der Waals surface area contributed by atoms with Gasteiger partial charge in [-0.25, -0.2) is 4.79 Å². The molecular formula is C7H12NO+. The summed E-state index contributed by atoms with van der Waals surface area (Å²) in [7, 11) is 0. The molecule has 0 unspecified atom stereocenters. The van der Waals surface area contributed by atoms with Gasteiger partial charge in [-0.15, -0.1) is 0 Å². The first-order chi connectivity index (χ1) is 4.35. The molecule has 0 saturated carbocycles. The number of nitrogens with one attached hydrogen (secondary N) is 1. The topological polar surface area (TPSA) is 21.5 Å². The molecule has 1 N–H and O–H groups in total. The number of rotatable bonds is 5. The maximum atomic E-state index is 10.2. The van der Waals surface area contributed by atoms with Crippen LogP contribution in [0, 0.1) is 0 Å². The van der Waals surface area contributed by atoms with Crippen molar-refractivity contribution in [2.45, 2.75) is 0 Å². The van der Waals surface area contributed by atoms with Crippen molar-refractivity contribution in [2.24, 2.45) is 0 Å². The maximum absolute atomic E-state index is 10.2. The maximum Gasteiger partial charge on any atom is 0.300 e. The van der Waals surface area contributed by atoms with Crippen LogP contribution in [-0.2, 0) is 4.79 Å². The molecule has 0 atom stereocenters. The Morgan fingerprint density at radius 1 is 1.22 bits per heavy atom. The molecule has 0 aromatic rings. The standard InChI is InChI=1S/C7H11NO/c1-3-5-8(7-9)6-4-2/h3-4,7H,1-2,5-6H2/p+1. The molecule has 0 aliphatic heterocycles. The van der Waals surface area contributed by atoms with Crippen molar-refractivity contribution < 1.29 is 9.69 Å². The van der Waals surface area contributed by atoms with Crippen molar-refractivity contribution in [1.29, 1.82) is 0 Å². The van der Waals surface area contributed by atoms with Gasteiger partial charge in [0.05, 0.1) is 0 Å². The minimum atomic E-state index is 0.676. The van der Waals surface area contributed by atoms with Gasteiger partial charge in [-0.1, -0.05) is 13.2 Å². The van der Waals surface area contributed by atoms with E-state index in [4.69, 9.17) is 0 Å². The summed E-state index contributed by atoms with van der Waals surface area (Å²) in [6.07, 6.45) is 4.30. The SMILES string of the molecule is C=CC[NH+](C=O)CC=C. The summed E-state index contributed by atoms with van der Waals surface area (Å²) in [4.78, 5) is 11.0. The Balaban J connectivity index is 3.51. The van der Waals surface area contributed by atoms with Crippen molar-refractivity contribution in [3.05, 3.63) is 25.3 Å².